The lowest BCUT2D eigenvalue weighted by Gasteiger charge is -2.03. The first-order valence-corrected chi connectivity index (χ1v) is 5.19. The molecule has 0 saturated carbocycles. The minimum atomic E-state index is 0.407. The molecule has 0 aliphatic heterocycles. The molecule has 2 N–H and O–H groups in total. The molecule has 1 heterocycles. The van der Waals surface area contributed by atoms with Crippen LogP contribution in [0.3, 0.4) is 0 Å². The molecule has 1 aromatic heterocycles. The number of anilines is 1. The van der Waals surface area contributed by atoms with Gasteiger partial charge in [0, 0.05) is 10.0 Å². The maximum absolute atomic E-state index is 5.77. The summed E-state index contributed by atoms with van der Waals surface area (Å²) in [7, 11) is 0. The zero-order chi connectivity index (χ0) is 10.8. The van der Waals surface area contributed by atoms with Crippen LogP contribution in [-0.4, -0.2) is 15.2 Å². The highest BCUT2D eigenvalue weighted by Gasteiger charge is 2.06. The van der Waals surface area contributed by atoms with E-state index in [0.29, 0.717) is 17.3 Å². The number of hydrogen-bond acceptors (Lipinski definition) is 4. The fourth-order valence-corrected chi connectivity index (χ4v) is 1.50. The van der Waals surface area contributed by atoms with Gasteiger partial charge < -0.3 is 5.73 Å². The van der Waals surface area contributed by atoms with Crippen LogP contribution in [0.25, 0.3) is 11.3 Å². The molecule has 0 radical (unpaired) electrons. The Hall–Kier alpha value is -1.49. The molecule has 0 spiro atoms. The normalized spacial score (nSPS) is 10.3. The average molecular weight is 265 g/mol. The third-order valence-corrected chi connectivity index (χ3v) is 2.47. The lowest BCUT2D eigenvalue weighted by atomic mass is 10.1. The number of nitrogen functional groups attached to an aromatic ring is 1. The Kier molecular flexibility index (Phi) is 2.64. The van der Waals surface area contributed by atoms with Crippen molar-refractivity contribution in [2.24, 2.45) is 0 Å². The predicted octanol–water partition coefficient (Wildman–Crippen LogP) is 2.19. The maximum atomic E-state index is 5.77. The number of benzene rings is 1. The summed E-state index contributed by atoms with van der Waals surface area (Å²) < 4.78 is 1.01. The van der Waals surface area contributed by atoms with Crippen molar-refractivity contribution < 1.29 is 0 Å². The van der Waals surface area contributed by atoms with Crippen LogP contribution in [0, 0.1) is 6.92 Å². The number of aromatic nitrogens is 3. The highest BCUT2D eigenvalue weighted by Crippen LogP contribution is 2.22. The molecule has 15 heavy (non-hydrogen) atoms. The molecule has 0 saturated heterocycles. The summed E-state index contributed by atoms with van der Waals surface area (Å²) >= 11 is 3.37. The highest BCUT2D eigenvalue weighted by molar-refractivity contribution is 9.10. The second kappa shape index (κ2) is 3.94. The van der Waals surface area contributed by atoms with Gasteiger partial charge in [-0.2, -0.15) is 0 Å². The molecule has 0 amide bonds. The summed E-state index contributed by atoms with van der Waals surface area (Å²) in [5.41, 5.74) is 7.30. The summed E-state index contributed by atoms with van der Waals surface area (Å²) in [5.74, 6) is 0.984. The van der Waals surface area contributed by atoms with Crippen molar-refractivity contribution in [2.75, 3.05) is 5.73 Å². The van der Waals surface area contributed by atoms with Gasteiger partial charge in [-0.1, -0.05) is 28.1 Å². The Morgan fingerprint density at radius 2 is 1.80 bits per heavy atom. The van der Waals surface area contributed by atoms with Crippen molar-refractivity contribution in [3.63, 3.8) is 0 Å². The Morgan fingerprint density at radius 1 is 1.13 bits per heavy atom. The Balaban J connectivity index is 2.49. The van der Waals surface area contributed by atoms with E-state index < -0.39 is 0 Å². The number of nitrogens with zero attached hydrogens (tertiary/aromatic N) is 3. The first-order chi connectivity index (χ1) is 7.16. The highest BCUT2D eigenvalue weighted by atomic mass is 79.9. The van der Waals surface area contributed by atoms with E-state index in [1.165, 1.54) is 0 Å². The molecular formula is C10H9BrN4. The zero-order valence-corrected chi connectivity index (χ0v) is 9.69. The minimum Gasteiger partial charge on any atom is -0.382 e. The Bertz CT molecular complexity index is 481. The summed E-state index contributed by atoms with van der Waals surface area (Å²) in [4.78, 5) is 4.06. The number of hydrogen-bond donors (Lipinski definition) is 1. The summed E-state index contributed by atoms with van der Waals surface area (Å²) in [5, 5.41) is 7.91. The lowest BCUT2D eigenvalue weighted by Crippen LogP contribution is -2.01. The van der Waals surface area contributed by atoms with Gasteiger partial charge in [0.25, 0.3) is 0 Å². The molecule has 0 atom stereocenters. The van der Waals surface area contributed by atoms with Gasteiger partial charge in [0.2, 0.25) is 0 Å². The third-order valence-electron chi connectivity index (χ3n) is 1.94. The number of rotatable bonds is 1. The number of halogens is 1. The SMILES string of the molecule is Cc1nnc(-c2ccc(Br)cc2)c(N)n1. The van der Waals surface area contributed by atoms with Crippen molar-refractivity contribution in [2.45, 2.75) is 6.92 Å². The van der Waals surface area contributed by atoms with Crippen LogP contribution < -0.4 is 5.73 Å². The largest absolute Gasteiger partial charge is 0.382 e. The van der Waals surface area contributed by atoms with E-state index in [4.69, 9.17) is 5.73 Å². The molecule has 4 nitrogen and oxygen atoms in total. The average Bonchev–Trinajstić information content (AvgIpc) is 2.20. The van der Waals surface area contributed by atoms with E-state index in [9.17, 15) is 0 Å². The van der Waals surface area contributed by atoms with E-state index in [2.05, 4.69) is 31.1 Å². The van der Waals surface area contributed by atoms with E-state index in [1.54, 1.807) is 6.92 Å². The second-order valence-electron chi connectivity index (χ2n) is 3.10. The van der Waals surface area contributed by atoms with Crippen LogP contribution in [0.1, 0.15) is 5.82 Å². The Morgan fingerprint density at radius 3 is 2.40 bits per heavy atom. The van der Waals surface area contributed by atoms with E-state index in [-0.39, 0.29) is 0 Å². The van der Waals surface area contributed by atoms with Crippen LogP contribution in [0.15, 0.2) is 28.7 Å². The van der Waals surface area contributed by atoms with E-state index in [1.807, 2.05) is 24.3 Å². The van der Waals surface area contributed by atoms with Crippen molar-refractivity contribution in [1.82, 2.24) is 15.2 Å². The summed E-state index contributed by atoms with van der Waals surface area (Å²) in [6.45, 7) is 1.76. The quantitative estimate of drug-likeness (QED) is 0.858. The number of aryl methyl sites for hydroxylation is 1. The van der Waals surface area contributed by atoms with Crippen LogP contribution >= 0.6 is 15.9 Å². The smallest absolute Gasteiger partial charge is 0.154 e. The van der Waals surface area contributed by atoms with Crippen molar-refractivity contribution >= 4 is 21.7 Å². The molecule has 1 aromatic carbocycles. The third kappa shape index (κ3) is 2.12. The molecule has 0 unspecified atom stereocenters. The van der Waals surface area contributed by atoms with Gasteiger partial charge in [-0.15, -0.1) is 10.2 Å². The summed E-state index contributed by atoms with van der Waals surface area (Å²) in [6.07, 6.45) is 0. The van der Waals surface area contributed by atoms with Crippen LogP contribution in [0.5, 0.6) is 0 Å². The van der Waals surface area contributed by atoms with Gasteiger partial charge in [0.1, 0.15) is 11.5 Å². The minimum absolute atomic E-state index is 0.407. The van der Waals surface area contributed by atoms with Gasteiger partial charge in [-0.3, -0.25) is 0 Å². The van der Waals surface area contributed by atoms with Crippen LogP contribution in [0.2, 0.25) is 0 Å². The summed E-state index contributed by atoms with van der Waals surface area (Å²) in [6, 6.07) is 7.69. The molecule has 0 aliphatic carbocycles. The van der Waals surface area contributed by atoms with Crippen molar-refractivity contribution in [1.29, 1.82) is 0 Å². The number of nitrogens with two attached hydrogens (primary N) is 1. The first kappa shape index (κ1) is 10.0. The Labute approximate surface area is 95.7 Å². The topological polar surface area (TPSA) is 64.7 Å². The molecule has 0 bridgehead atoms. The van der Waals surface area contributed by atoms with Gasteiger partial charge in [0.05, 0.1) is 0 Å². The van der Waals surface area contributed by atoms with E-state index >= 15 is 0 Å². The molecule has 5 heteroatoms. The standard InChI is InChI=1S/C10H9BrN4/c1-6-13-10(12)9(15-14-6)7-2-4-8(11)5-3-7/h2-5H,1H3,(H2,12,13,14). The molecule has 76 valence electrons. The molecule has 0 fully saturated rings. The van der Waals surface area contributed by atoms with Crippen molar-refractivity contribution in [3.8, 4) is 11.3 Å². The van der Waals surface area contributed by atoms with Gasteiger partial charge in [-0.05, 0) is 19.1 Å². The predicted molar refractivity (Wildman–Crippen MR) is 62.1 cm³/mol. The molecule has 2 aromatic rings. The maximum Gasteiger partial charge on any atom is 0.154 e. The fourth-order valence-electron chi connectivity index (χ4n) is 1.24. The van der Waals surface area contributed by atoms with Gasteiger partial charge >= 0.3 is 0 Å². The van der Waals surface area contributed by atoms with Crippen LogP contribution in [0.4, 0.5) is 5.82 Å². The molecule has 0 aliphatic rings. The van der Waals surface area contributed by atoms with Crippen molar-refractivity contribution in [3.05, 3.63) is 34.6 Å². The lowest BCUT2D eigenvalue weighted by molar-refractivity contribution is 0.920. The van der Waals surface area contributed by atoms with Crippen LogP contribution in [-0.2, 0) is 0 Å². The van der Waals surface area contributed by atoms with Gasteiger partial charge in [-0.25, -0.2) is 4.98 Å². The van der Waals surface area contributed by atoms with E-state index in [0.717, 1.165) is 10.0 Å². The molecular weight excluding hydrogens is 256 g/mol. The second-order valence-corrected chi connectivity index (χ2v) is 4.02. The van der Waals surface area contributed by atoms with Gasteiger partial charge in [0.15, 0.2) is 5.82 Å². The molecule has 2 rings (SSSR count). The first-order valence-electron chi connectivity index (χ1n) is 4.39. The monoisotopic (exact) mass is 264 g/mol. The fraction of sp³-hybridized carbons (Fsp3) is 0.100. The zero-order valence-electron chi connectivity index (χ0n) is 8.11.